The second-order valence-electron chi connectivity index (χ2n) is 8.51. The van der Waals surface area contributed by atoms with Gasteiger partial charge in [-0.15, -0.1) is 12.4 Å². The van der Waals surface area contributed by atoms with Crippen LogP contribution in [0.4, 0.5) is 15.9 Å². The van der Waals surface area contributed by atoms with E-state index >= 15 is 0 Å². The topological polar surface area (TPSA) is 66.0 Å². The van der Waals surface area contributed by atoms with Gasteiger partial charge in [-0.05, 0) is 49.6 Å². The predicted molar refractivity (Wildman–Crippen MR) is 128 cm³/mol. The van der Waals surface area contributed by atoms with Crippen molar-refractivity contribution in [2.24, 2.45) is 0 Å². The number of carbonyl (C=O) groups is 2. The van der Waals surface area contributed by atoms with Gasteiger partial charge < -0.3 is 19.4 Å². The molecule has 1 aromatic heterocycles. The van der Waals surface area contributed by atoms with Crippen LogP contribution in [0.25, 0.3) is 0 Å². The molecule has 0 unspecified atom stereocenters. The summed E-state index contributed by atoms with van der Waals surface area (Å²) in [6.07, 6.45) is 2.93. The summed E-state index contributed by atoms with van der Waals surface area (Å²) in [4.78, 5) is 35.2. The number of aryl methyl sites for hydroxylation is 2. The molecule has 4 rings (SSSR count). The third kappa shape index (κ3) is 5.12. The Labute approximate surface area is 199 Å². The van der Waals surface area contributed by atoms with Crippen LogP contribution < -0.4 is 9.80 Å². The van der Waals surface area contributed by atoms with Gasteiger partial charge >= 0.3 is 0 Å². The summed E-state index contributed by atoms with van der Waals surface area (Å²) in [6, 6.07) is 6.41. The zero-order chi connectivity index (χ0) is 22.8. The molecule has 2 aliphatic heterocycles. The highest BCUT2D eigenvalue weighted by atomic mass is 35.5. The number of halogens is 2. The molecule has 0 spiro atoms. The van der Waals surface area contributed by atoms with Gasteiger partial charge in [-0.25, -0.2) is 9.37 Å². The van der Waals surface area contributed by atoms with Crippen molar-refractivity contribution in [3.63, 3.8) is 0 Å². The summed E-state index contributed by atoms with van der Waals surface area (Å²) in [5.74, 6) is -0.0638. The molecule has 178 valence electrons. The zero-order valence-electron chi connectivity index (χ0n) is 19.2. The molecule has 0 bridgehead atoms. The molecule has 0 N–H and O–H groups in total. The minimum Gasteiger partial charge on any atom is -0.383 e. The highest BCUT2D eigenvalue weighted by Crippen LogP contribution is 2.29. The van der Waals surface area contributed by atoms with E-state index < -0.39 is 5.82 Å². The number of piperazine rings is 1. The average Bonchev–Trinajstić information content (AvgIpc) is 3.14. The normalized spacial score (nSPS) is 18.5. The third-order valence-electron chi connectivity index (χ3n) is 6.20. The van der Waals surface area contributed by atoms with Gasteiger partial charge in [0.1, 0.15) is 11.6 Å². The Morgan fingerprint density at radius 3 is 2.55 bits per heavy atom. The first-order chi connectivity index (χ1) is 15.4. The van der Waals surface area contributed by atoms with Crippen molar-refractivity contribution in [2.75, 3.05) is 49.7 Å². The van der Waals surface area contributed by atoms with Crippen LogP contribution in [0.3, 0.4) is 0 Å². The maximum Gasteiger partial charge on any atom is 0.256 e. The summed E-state index contributed by atoms with van der Waals surface area (Å²) in [7, 11) is 1.58. The molecule has 1 atom stereocenters. The van der Waals surface area contributed by atoms with E-state index in [0.717, 1.165) is 16.9 Å². The number of methoxy groups -OCH3 is 1. The lowest BCUT2D eigenvalue weighted by Crippen LogP contribution is -2.49. The molecule has 0 radical (unpaired) electrons. The average molecular weight is 477 g/mol. The lowest BCUT2D eigenvalue weighted by molar-refractivity contribution is -0.117. The van der Waals surface area contributed by atoms with Crippen LogP contribution in [-0.2, 0) is 9.53 Å². The van der Waals surface area contributed by atoms with Gasteiger partial charge in [0, 0.05) is 51.6 Å². The Kier molecular flexibility index (Phi) is 7.92. The summed E-state index contributed by atoms with van der Waals surface area (Å²) < 4.78 is 20.1. The number of hydrogen-bond donors (Lipinski definition) is 0. The molecule has 1 aromatic carbocycles. The van der Waals surface area contributed by atoms with Crippen LogP contribution in [0.5, 0.6) is 0 Å². The molecule has 2 saturated heterocycles. The highest BCUT2D eigenvalue weighted by molar-refractivity contribution is 5.98. The van der Waals surface area contributed by atoms with Gasteiger partial charge in [0.25, 0.3) is 5.91 Å². The molecular weight excluding hydrogens is 447 g/mol. The largest absolute Gasteiger partial charge is 0.383 e. The number of amides is 2. The van der Waals surface area contributed by atoms with E-state index in [4.69, 9.17) is 4.74 Å². The summed E-state index contributed by atoms with van der Waals surface area (Å²) in [5, 5.41) is 0. The molecule has 9 heteroatoms. The van der Waals surface area contributed by atoms with Crippen molar-refractivity contribution in [3.8, 4) is 0 Å². The number of benzene rings is 1. The van der Waals surface area contributed by atoms with E-state index in [1.165, 1.54) is 12.1 Å². The first kappa shape index (κ1) is 24.9. The zero-order valence-corrected chi connectivity index (χ0v) is 20.0. The maximum atomic E-state index is 14.9. The molecule has 2 aromatic rings. The van der Waals surface area contributed by atoms with Crippen LogP contribution in [0.1, 0.15) is 34.3 Å². The van der Waals surface area contributed by atoms with Crippen molar-refractivity contribution >= 4 is 35.7 Å². The van der Waals surface area contributed by atoms with Gasteiger partial charge in [0.15, 0.2) is 0 Å². The van der Waals surface area contributed by atoms with Crippen molar-refractivity contribution in [1.82, 2.24) is 9.88 Å². The number of ether oxygens (including phenoxy) is 1. The Hall–Kier alpha value is -2.71. The lowest BCUT2D eigenvalue weighted by atomic mass is 10.1. The minimum absolute atomic E-state index is 0. The second kappa shape index (κ2) is 10.5. The number of pyridine rings is 1. The van der Waals surface area contributed by atoms with Crippen LogP contribution in [-0.4, -0.2) is 67.6 Å². The van der Waals surface area contributed by atoms with E-state index in [-0.39, 0.29) is 35.8 Å². The first-order valence-electron chi connectivity index (χ1n) is 11.0. The number of hydrogen-bond acceptors (Lipinski definition) is 5. The molecule has 3 heterocycles. The molecule has 2 amide bonds. The third-order valence-corrected chi connectivity index (χ3v) is 6.20. The van der Waals surface area contributed by atoms with Crippen molar-refractivity contribution in [2.45, 2.75) is 32.7 Å². The lowest BCUT2D eigenvalue weighted by Gasteiger charge is -2.36. The number of rotatable bonds is 5. The van der Waals surface area contributed by atoms with Crippen molar-refractivity contribution in [1.29, 1.82) is 0 Å². The van der Waals surface area contributed by atoms with Crippen molar-refractivity contribution in [3.05, 3.63) is 53.0 Å². The van der Waals surface area contributed by atoms with E-state index in [2.05, 4.69) is 16.0 Å². The van der Waals surface area contributed by atoms with E-state index in [0.29, 0.717) is 51.3 Å². The number of carbonyl (C=O) groups excluding carboxylic acids is 2. The summed E-state index contributed by atoms with van der Waals surface area (Å²) in [5.41, 5.74) is 2.72. The fraction of sp³-hybridized carbons (Fsp3) is 0.458. The molecule has 2 fully saturated rings. The van der Waals surface area contributed by atoms with Gasteiger partial charge in [-0.2, -0.15) is 0 Å². The van der Waals surface area contributed by atoms with Gasteiger partial charge in [0.05, 0.1) is 18.2 Å². The predicted octanol–water partition coefficient (Wildman–Crippen LogP) is 3.36. The Morgan fingerprint density at radius 1 is 1.18 bits per heavy atom. The fourth-order valence-corrected chi connectivity index (χ4v) is 4.61. The smallest absolute Gasteiger partial charge is 0.256 e. The Morgan fingerprint density at radius 2 is 1.91 bits per heavy atom. The Balaban J connectivity index is 0.00000306. The molecular formula is C24H30ClFN4O3. The van der Waals surface area contributed by atoms with E-state index in [9.17, 15) is 14.0 Å². The Bertz CT molecular complexity index is 1030. The molecule has 0 saturated carbocycles. The summed E-state index contributed by atoms with van der Waals surface area (Å²) in [6.45, 7) is 6.72. The van der Waals surface area contributed by atoms with E-state index in [1.54, 1.807) is 23.0 Å². The minimum atomic E-state index is -0.609. The SMILES string of the molecule is COC[C@H]1CCC(=O)N1c1ccc(C(=O)N2CCN(c3ncc(C)cc3C)CC2)c(F)c1.Cl. The van der Waals surface area contributed by atoms with Crippen LogP contribution in [0.15, 0.2) is 30.5 Å². The van der Waals surface area contributed by atoms with Crippen molar-refractivity contribution < 1.29 is 18.7 Å². The van der Waals surface area contributed by atoms with E-state index in [1.807, 2.05) is 20.0 Å². The fourth-order valence-electron chi connectivity index (χ4n) is 4.61. The molecule has 2 aliphatic rings. The number of nitrogens with zero attached hydrogens (tertiary/aromatic N) is 4. The summed E-state index contributed by atoms with van der Waals surface area (Å²) >= 11 is 0. The van der Waals surface area contributed by atoms with Gasteiger partial charge in [0.2, 0.25) is 5.91 Å². The maximum absolute atomic E-state index is 14.9. The quantitative estimate of drug-likeness (QED) is 0.662. The van der Waals surface area contributed by atoms with Crippen LogP contribution in [0.2, 0.25) is 0 Å². The standard InChI is InChI=1S/C24H29FN4O3.ClH/c1-16-12-17(2)23(26-14-16)27-8-10-28(11-9-27)24(31)20-6-4-18(13-21(20)25)29-19(15-32-3)5-7-22(29)30;/h4,6,12-14,19H,5,7-11,15H2,1-3H3;1H/t19-;/m1./s1. The molecule has 33 heavy (non-hydrogen) atoms. The second-order valence-corrected chi connectivity index (χ2v) is 8.51. The van der Waals surface area contributed by atoms with Gasteiger partial charge in [-0.3, -0.25) is 9.59 Å². The van der Waals surface area contributed by atoms with Crippen LogP contribution in [0, 0.1) is 19.7 Å². The number of aromatic nitrogens is 1. The van der Waals surface area contributed by atoms with Crippen LogP contribution >= 0.6 is 12.4 Å². The molecule has 7 nitrogen and oxygen atoms in total. The monoisotopic (exact) mass is 476 g/mol. The number of anilines is 2. The first-order valence-corrected chi connectivity index (χ1v) is 11.0. The molecule has 0 aliphatic carbocycles. The van der Waals surface area contributed by atoms with Gasteiger partial charge in [-0.1, -0.05) is 6.07 Å². The highest BCUT2D eigenvalue weighted by Gasteiger charge is 2.33.